The van der Waals surface area contributed by atoms with Gasteiger partial charge in [-0.15, -0.1) is 12.4 Å². The molecule has 1 aliphatic heterocycles. The van der Waals surface area contributed by atoms with Crippen LogP contribution in [0.4, 0.5) is 13.2 Å². The zero-order valence-corrected chi connectivity index (χ0v) is 12.0. The summed E-state index contributed by atoms with van der Waals surface area (Å²) >= 11 is 0. The summed E-state index contributed by atoms with van der Waals surface area (Å²) in [6.07, 6.45) is -5.31. The second-order valence-electron chi connectivity index (χ2n) is 4.90. The van der Waals surface area contributed by atoms with E-state index in [0.29, 0.717) is 26.2 Å². The van der Waals surface area contributed by atoms with Crippen molar-refractivity contribution < 1.29 is 23.4 Å². The molecule has 0 saturated carbocycles. The Morgan fingerprint density at radius 3 is 2.10 bits per heavy atom. The monoisotopic (exact) mass is 326 g/mol. The molecule has 21 heavy (non-hydrogen) atoms. The fourth-order valence-electron chi connectivity index (χ4n) is 2.48. The third-order valence-corrected chi connectivity index (χ3v) is 3.33. The Bertz CT molecular complexity index is 445. The van der Waals surface area contributed by atoms with E-state index in [2.05, 4.69) is 5.32 Å². The number of aromatic hydroxyl groups is 2. The average Bonchev–Trinajstić information content (AvgIpc) is 2.35. The fraction of sp³-hybridized carbons (Fsp3) is 0.538. The molecule has 1 aromatic rings. The summed E-state index contributed by atoms with van der Waals surface area (Å²) in [6.45, 7) is 2.24. The lowest BCUT2D eigenvalue weighted by Gasteiger charge is -2.35. The van der Waals surface area contributed by atoms with Crippen molar-refractivity contribution in [3.8, 4) is 11.5 Å². The highest BCUT2D eigenvalue weighted by atomic mass is 35.5. The molecule has 0 aliphatic carbocycles. The molecular formula is C13H18ClF3N2O2. The van der Waals surface area contributed by atoms with E-state index in [4.69, 9.17) is 0 Å². The van der Waals surface area contributed by atoms with Crippen LogP contribution in [0.5, 0.6) is 11.5 Å². The van der Waals surface area contributed by atoms with Crippen LogP contribution in [0.3, 0.4) is 0 Å². The second kappa shape index (κ2) is 7.20. The van der Waals surface area contributed by atoms with Crippen molar-refractivity contribution >= 4 is 12.4 Å². The first-order valence-electron chi connectivity index (χ1n) is 6.39. The lowest BCUT2D eigenvalue weighted by atomic mass is 10.00. The van der Waals surface area contributed by atoms with Crippen molar-refractivity contribution in [2.45, 2.75) is 18.6 Å². The van der Waals surface area contributed by atoms with Crippen molar-refractivity contribution in [2.75, 3.05) is 26.2 Å². The molecule has 1 heterocycles. The fourth-order valence-corrected chi connectivity index (χ4v) is 2.48. The molecule has 1 aliphatic rings. The van der Waals surface area contributed by atoms with Crippen LogP contribution in [0, 0.1) is 0 Å². The number of halogens is 4. The summed E-state index contributed by atoms with van der Waals surface area (Å²) in [7, 11) is 0. The van der Waals surface area contributed by atoms with Crippen LogP contribution < -0.4 is 5.32 Å². The molecule has 0 spiro atoms. The van der Waals surface area contributed by atoms with Gasteiger partial charge >= 0.3 is 6.18 Å². The molecule has 0 bridgehead atoms. The van der Waals surface area contributed by atoms with Crippen LogP contribution in [0.25, 0.3) is 0 Å². The Labute approximate surface area is 127 Å². The predicted molar refractivity (Wildman–Crippen MR) is 74.9 cm³/mol. The number of phenolic OH excluding ortho intramolecular Hbond substituents is 2. The third kappa shape index (κ3) is 5.26. The second-order valence-corrected chi connectivity index (χ2v) is 4.90. The molecule has 8 heteroatoms. The molecule has 0 amide bonds. The maximum Gasteiger partial charge on any atom is 0.390 e. The van der Waals surface area contributed by atoms with Gasteiger partial charge in [0.25, 0.3) is 0 Å². The molecule has 0 unspecified atom stereocenters. The SMILES string of the molecule is Cl.Oc1cc(O)cc([C@H](CC(F)(F)F)N2CCNCC2)c1. The van der Waals surface area contributed by atoms with E-state index >= 15 is 0 Å². The van der Waals surface area contributed by atoms with E-state index in [1.165, 1.54) is 12.1 Å². The van der Waals surface area contributed by atoms with Crippen molar-refractivity contribution in [1.29, 1.82) is 0 Å². The van der Waals surface area contributed by atoms with Crippen LogP contribution in [0.15, 0.2) is 18.2 Å². The molecule has 3 N–H and O–H groups in total. The molecule has 1 aromatic carbocycles. The molecule has 1 fully saturated rings. The molecule has 2 rings (SSSR count). The Hall–Kier alpha value is -1.18. The van der Waals surface area contributed by atoms with Gasteiger partial charge in [-0.1, -0.05) is 0 Å². The molecule has 1 atom stereocenters. The number of phenols is 2. The summed E-state index contributed by atoms with van der Waals surface area (Å²) in [6, 6.07) is 2.76. The van der Waals surface area contributed by atoms with Gasteiger partial charge in [-0.05, 0) is 17.7 Å². The zero-order chi connectivity index (χ0) is 14.8. The molecule has 0 radical (unpaired) electrons. The van der Waals surface area contributed by atoms with Gasteiger partial charge in [0.1, 0.15) is 11.5 Å². The molecule has 0 aromatic heterocycles. The van der Waals surface area contributed by atoms with Gasteiger partial charge in [0, 0.05) is 38.3 Å². The van der Waals surface area contributed by atoms with Gasteiger partial charge in [0.15, 0.2) is 0 Å². The van der Waals surface area contributed by atoms with Crippen molar-refractivity contribution in [1.82, 2.24) is 10.2 Å². The maximum absolute atomic E-state index is 12.8. The summed E-state index contributed by atoms with van der Waals surface area (Å²) in [5, 5.41) is 22.0. The van der Waals surface area contributed by atoms with Gasteiger partial charge in [-0.2, -0.15) is 13.2 Å². The van der Waals surface area contributed by atoms with Crippen LogP contribution in [0.1, 0.15) is 18.0 Å². The van der Waals surface area contributed by atoms with E-state index < -0.39 is 18.6 Å². The van der Waals surface area contributed by atoms with E-state index in [1.54, 1.807) is 4.90 Å². The Kier molecular flexibility index (Phi) is 6.12. The first-order valence-corrected chi connectivity index (χ1v) is 6.39. The first-order chi connectivity index (χ1) is 9.35. The molecule has 1 saturated heterocycles. The van der Waals surface area contributed by atoms with Gasteiger partial charge in [-0.25, -0.2) is 0 Å². The van der Waals surface area contributed by atoms with E-state index in [1.807, 2.05) is 0 Å². The van der Waals surface area contributed by atoms with Gasteiger partial charge in [0.05, 0.1) is 6.42 Å². The minimum atomic E-state index is -4.31. The largest absolute Gasteiger partial charge is 0.508 e. The number of benzene rings is 1. The molecule has 4 nitrogen and oxygen atoms in total. The number of alkyl halides is 3. The van der Waals surface area contributed by atoms with Crippen molar-refractivity contribution in [2.24, 2.45) is 0 Å². The van der Waals surface area contributed by atoms with E-state index in [0.717, 1.165) is 6.07 Å². The number of rotatable bonds is 3. The molecule has 120 valence electrons. The maximum atomic E-state index is 12.8. The van der Waals surface area contributed by atoms with Crippen LogP contribution in [-0.4, -0.2) is 47.5 Å². The minimum Gasteiger partial charge on any atom is -0.508 e. The lowest BCUT2D eigenvalue weighted by Crippen LogP contribution is -2.46. The normalized spacial score (nSPS) is 18.0. The Balaban J connectivity index is 0.00000220. The molecular weight excluding hydrogens is 309 g/mol. The summed E-state index contributed by atoms with van der Waals surface area (Å²) in [4.78, 5) is 1.72. The number of piperazine rings is 1. The van der Waals surface area contributed by atoms with Gasteiger partial charge in [-0.3, -0.25) is 4.90 Å². The third-order valence-electron chi connectivity index (χ3n) is 3.33. The van der Waals surface area contributed by atoms with Gasteiger partial charge < -0.3 is 15.5 Å². The summed E-state index contributed by atoms with van der Waals surface area (Å²) in [5.74, 6) is -0.468. The quantitative estimate of drug-likeness (QED) is 0.798. The number of nitrogens with zero attached hydrogens (tertiary/aromatic N) is 1. The number of hydrogen-bond donors (Lipinski definition) is 3. The highest BCUT2D eigenvalue weighted by Gasteiger charge is 2.36. The summed E-state index contributed by atoms with van der Waals surface area (Å²) in [5.41, 5.74) is 0.279. The zero-order valence-electron chi connectivity index (χ0n) is 11.2. The van der Waals surface area contributed by atoms with Crippen molar-refractivity contribution in [3.63, 3.8) is 0 Å². The predicted octanol–water partition coefficient (Wildman–Crippen LogP) is 2.42. The Morgan fingerprint density at radius 2 is 1.62 bits per heavy atom. The topological polar surface area (TPSA) is 55.7 Å². The van der Waals surface area contributed by atoms with Crippen LogP contribution in [0.2, 0.25) is 0 Å². The van der Waals surface area contributed by atoms with E-state index in [-0.39, 0.29) is 29.5 Å². The highest BCUT2D eigenvalue weighted by Crippen LogP contribution is 2.36. The number of nitrogens with one attached hydrogen (secondary N) is 1. The average molecular weight is 327 g/mol. The van der Waals surface area contributed by atoms with Crippen LogP contribution in [-0.2, 0) is 0 Å². The standard InChI is InChI=1S/C13H17F3N2O2.ClH/c14-13(15,16)8-12(18-3-1-17-2-4-18)9-5-10(19)7-11(20)6-9;/h5-7,12,17,19-20H,1-4,8H2;1H/t12-;/m0./s1. The lowest BCUT2D eigenvalue weighted by molar-refractivity contribution is -0.148. The van der Waals surface area contributed by atoms with Crippen LogP contribution >= 0.6 is 12.4 Å². The van der Waals surface area contributed by atoms with Crippen molar-refractivity contribution in [3.05, 3.63) is 23.8 Å². The minimum absolute atomic E-state index is 0. The Morgan fingerprint density at radius 1 is 1.10 bits per heavy atom. The summed E-state index contributed by atoms with van der Waals surface area (Å²) < 4.78 is 38.3. The number of hydrogen-bond acceptors (Lipinski definition) is 4. The van der Waals surface area contributed by atoms with Gasteiger partial charge in [0.2, 0.25) is 0 Å². The highest BCUT2D eigenvalue weighted by molar-refractivity contribution is 5.85. The smallest absolute Gasteiger partial charge is 0.390 e. The first kappa shape index (κ1) is 17.9. The van der Waals surface area contributed by atoms with E-state index in [9.17, 15) is 23.4 Å².